The zero-order valence-corrected chi connectivity index (χ0v) is 18.4. The molecule has 3 aromatic rings. The zero-order chi connectivity index (χ0) is 24.3. The number of nitrogens with two attached hydrogens (primary N) is 1. The lowest BCUT2D eigenvalue weighted by molar-refractivity contribution is -0.216. The van der Waals surface area contributed by atoms with E-state index >= 15 is 0 Å². The van der Waals surface area contributed by atoms with Crippen LogP contribution in [0, 0.1) is 18.2 Å². The number of hydrogen-bond acceptors (Lipinski definition) is 3. The highest BCUT2D eigenvalue weighted by Crippen LogP contribution is 2.61. The second-order valence-corrected chi connectivity index (χ2v) is 9.17. The second-order valence-electron chi connectivity index (χ2n) is 8.79. The van der Waals surface area contributed by atoms with Gasteiger partial charge in [-0.05, 0) is 48.9 Å². The SMILES string of the molecule is Cc1c([C@@H]2C[C@](C)(C(F)(F)F)C[C@H]2c2cc(=O)c3c(C(N)=O)nccc3[nH]2)ccc(F)c1Cl. The van der Waals surface area contributed by atoms with E-state index in [4.69, 9.17) is 17.3 Å². The van der Waals surface area contributed by atoms with Crippen LogP contribution in [-0.4, -0.2) is 22.1 Å². The molecule has 0 unspecified atom stereocenters. The molecule has 0 radical (unpaired) electrons. The minimum atomic E-state index is -4.49. The van der Waals surface area contributed by atoms with E-state index in [1.807, 2.05) is 0 Å². The Kier molecular flexibility index (Phi) is 5.51. The molecule has 3 atom stereocenters. The van der Waals surface area contributed by atoms with Gasteiger partial charge in [0.1, 0.15) is 11.5 Å². The fourth-order valence-corrected chi connectivity index (χ4v) is 5.07. The smallest absolute Gasteiger partial charge is 0.364 e. The van der Waals surface area contributed by atoms with E-state index in [1.54, 1.807) is 6.92 Å². The number of amides is 1. The maximum Gasteiger partial charge on any atom is 0.394 e. The van der Waals surface area contributed by atoms with Crippen LogP contribution in [0.25, 0.3) is 10.9 Å². The van der Waals surface area contributed by atoms with Crippen molar-refractivity contribution in [3.63, 3.8) is 0 Å². The van der Waals surface area contributed by atoms with Gasteiger partial charge in [0.15, 0.2) is 5.43 Å². The first kappa shape index (κ1) is 23.2. The fourth-order valence-electron chi connectivity index (χ4n) is 4.90. The molecule has 33 heavy (non-hydrogen) atoms. The predicted octanol–water partition coefficient (Wildman–Crippen LogP) is 5.35. The molecule has 3 N–H and O–H groups in total. The van der Waals surface area contributed by atoms with Gasteiger partial charge in [0, 0.05) is 23.9 Å². The summed E-state index contributed by atoms with van der Waals surface area (Å²) in [6.07, 6.45) is -3.74. The first-order chi connectivity index (χ1) is 15.3. The Balaban J connectivity index is 1.92. The van der Waals surface area contributed by atoms with E-state index in [0.29, 0.717) is 11.1 Å². The van der Waals surface area contributed by atoms with E-state index < -0.39 is 40.6 Å². The fraction of sp³-hybridized carbons (Fsp3) is 0.348. The summed E-state index contributed by atoms with van der Waals surface area (Å²) in [6.45, 7) is 2.71. The van der Waals surface area contributed by atoms with Crippen molar-refractivity contribution in [1.82, 2.24) is 9.97 Å². The largest absolute Gasteiger partial charge is 0.394 e. The van der Waals surface area contributed by atoms with Crippen LogP contribution in [0.5, 0.6) is 0 Å². The molecule has 0 saturated heterocycles. The van der Waals surface area contributed by atoms with Gasteiger partial charge >= 0.3 is 6.18 Å². The zero-order valence-electron chi connectivity index (χ0n) is 17.7. The van der Waals surface area contributed by atoms with Gasteiger partial charge in [-0.1, -0.05) is 24.6 Å². The molecule has 174 valence electrons. The normalized spacial score (nSPS) is 23.2. The molecule has 4 rings (SSSR count). The number of fused-ring (bicyclic) bond motifs is 1. The van der Waals surface area contributed by atoms with Crippen molar-refractivity contribution < 1.29 is 22.4 Å². The molecule has 1 amide bonds. The number of benzene rings is 1. The van der Waals surface area contributed by atoms with Crippen LogP contribution < -0.4 is 11.2 Å². The Hall–Kier alpha value is -2.94. The summed E-state index contributed by atoms with van der Waals surface area (Å²) in [5.74, 6) is -2.96. The second kappa shape index (κ2) is 7.83. The number of nitrogens with one attached hydrogen (secondary N) is 1. The van der Waals surface area contributed by atoms with Crippen LogP contribution >= 0.6 is 11.6 Å². The molecule has 10 heteroatoms. The van der Waals surface area contributed by atoms with Crippen LogP contribution in [0.1, 0.15) is 58.9 Å². The van der Waals surface area contributed by atoms with Gasteiger partial charge in [0.05, 0.1) is 21.3 Å². The standard InChI is InChI=1S/C23H20ClF4N3O2/c1-10-11(3-4-14(25)19(10)24)12-8-22(2,23(26,27)28)9-13(12)16-7-17(32)18-15(31-16)5-6-30-20(18)21(29)33/h3-7,12-13H,8-9H2,1-2H3,(H2,29,33)(H,31,32)/t12-,13+,22-/m0/s1. The molecule has 2 aromatic heterocycles. The molecule has 1 saturated carbocycles. The number of rotatable bonds is 3. The molecule has 1 aromatic carbocycles. The molecule has 2 heterocycles. The average Bonchev–Trinajstić information content (AvgIpc) is 3.10. The number of alkyl halides is 3. The maximum atomic E-state index is 14.0. The predicted molar refractivity (Wildman–Crippen MR) is 116 cm³/mol. The van der Waals surface area contributed by atoms with E-state index in [2.05, 4.69) is 9.97 Å². The highest BCUT2D eigenvalue weighted by Gasteiger charge is 2.58. The third kappa shape index (κ3) is 3.78. The Labute approximate surface area is 191 Å². The van der Waals surface area contributed by atoms with Gasteiger partial charge in [-0.2, -0.15) is 13.2 Å². The molecule has 0 aliphatic heterocycles. The lowest BCUT2D eigenvalue weighted by Crippen LogP contribution is -2.32. The average molecular weight is 482 g/mol. The third-order valence-electron chi connectivity index (χ3n) is 6.69. The number of carbonyl (C=O) groups is 1. The summed E-state index contributed by atoms with van der Waals surface area (Å²) in [6, 6.07) is 5.24. The lowest BCUT2D eigenvalue weighted by Gasteiger charge is -2.27. The van der Waals surface area contributed by atoms with E-state index in [1.165, 1.54) is 24.4 Å². The highest BCUT2D eigenvalue weighted by molar-refractivity contribution is 6.31. The van der Waals surface area contributed by atoms with Crippen LogP contribution in [0.15, 0.2) is 35.3 Å². The molecule has 1 aliphatic carbocycles. The minimum Gasteiger partial charge on any atom is -0.364 e. The van der Waals surface area contributed by atoms with Crippen LogP contribution in [-0.2, 0) is 0 Å². The first-order valence-corrected chi connectivity index (χ1v) is 10.5. The summed E-state index contributed by atoms with van der Waals surface area (Å²) < 4.78 is 56.0. The van der Waals surface area contributed by atoms with Crippen LogP contribution in [0.4, 0.5) is 17.6 Å². The van der Waals surface area contributed by atoms with Crippen molar-refractivity contribution in [2.24, 2.45) is 11.1 Å². The first-order valence-electron chi connectivity index (χ1n) is 10.2. The van der Waals surface area contributed by atoms with Gasteiger partial charge < -0.3 is 10.7 Å². The Morgan fingerprint density at radius 3 is 2.55 bits per heavy atom. The van der Waals surface area contributed by atoms with Crippen LogP contribution in [0.2, 0.25) is 5.02 Å². The van der Waals surface area contributed by atoms with Gasteiger partial charge in [0.2, 0.25) is 0 Å². The van der Waals surface area contributed by atoms with Gasteiger partial charge in [-0.15, -0.1) is 0 Å². The van der Waals surface area contributed by atoms with Crippen molar-refractivity contribution >= 4 is 28.4 Å². The molecule has 0 bridgehead atoms. The molecule has 1 aliphatic rings. The maximum absolute atomic E-state index is 14.0. The monoisotopic (exact) mass is 481 g/mol. The number of carbonyl (C=O) groups excluding carboxylic acids is 1. The topological polar surface area (TPSA) is 88.8 Å². The summed E-state index contributed by atoms with van der Waals surface area (Å²) in [5.41, 5.74) is 3.87. The number of nitrogens with zero attached hydrogens (tertiary/aromatic N) is 1. The number of primary amides is 1. The summed E-state index contributed by atoms with van der Waals surface area (Å²) in [5, 5.41) is -0.168. The van der Waals surface area contributed by atoms with E-state index in [0.717, 1.165) is 13.0 Å². The number of hydrogen-bond donors (Lipinski definition) is 2. The molecule has 1 fully saturated rings. The molecular weight excluding hydrogens is 462 g/mol. The Bertz CT molecular complexity index is 1340. The number of halogens is 5. The van der Waals surface area contributed by atoms with E-state index in [9.17, 15) is 27.2 Å². The van der Waals surface area contributed by atoms with Crippen molar-refractivity contribution in [1.29, 1.82) is 0 Å². The van der Waals surface area contributed by atoms with Gasteiger partial charge in [-0.3, -0.25) is 14.6 Å². The Morgan fingerprint density at radius 2 is 1.91 bits per heavy atom. The molecule has 0 spiro atoms. The van der Waals surface area contributed by atoms with Crippen LogP contribution in [0.3, 0.4) is 0 Å². The third-order valence-corrected chi connectivity index (χ3v) is 7.15. The number of pyridine rings is 2. The molecule has 5 nitrogen and oxygen atoms in total. The van der Waals surface area contributed by atoms with E-state index in [-0.39, 0.29) is 40.2 Å². The van der Waals surface area contributed by atoms with Gasteiger partial charge in [-0.25, -0.2) is 4.39 Å². The van der Waals surface area contributed by atoms with Crippen molar-refractivity contribution in [3.05, 3.63) is 74.0 Å². The minimum absolute atomic E-state index is 0.0251. The Morgan fingerprint density at radius 1 is 1.24 bits per heavy atom. The summed E-state index contributed by atoms with van der Waals surface area (Å²) in [7, 11) is 0. The highest BCUT2D eigenvalue weighted by atomic mass is 35.5. The number of H-pyrrole nitrogens is 1. The number of aromatic nitrogens is 2. The van der Waals surface area contributed by atoms with Crippen molar-refractivity contribution in [3.8, 4) is 0 Å². The van der Waals surface area contributed by atoms with Gasteiger partial charge in [0.25, 0.3) is 5.91 Å². The quantitative estimate of drug-likeness (QED) is 0.494. The number of aromatic amines is 1. The van der Waals surface area contributed by atoms with Crippen molar-refractivity contribution in [2.75, 3.05) is 0 Å². The lowest BCUT2D eigenvalue weighted by atomic mass is 9.83. The van der Waals surface area contributed by atoms with Crippen molar-refractivity contribution in [2.45, 2.75) is 44.7 Å². The summed E-state index contributed by atoms with van der Waals surface area (Å²) in [4.78, 5) is 31.4. The summed E-state index contributed by atoms with van der Waals surface area (Å²) >= 11 is 6.06. The molecular formula is C23H20ClF4N3O2.